The van der Waals surface area contributed by atoms with Crippen molar-refractivity contribution in [3.63, 3.8) is 0 Å². The molecule has 1 N–H and O–H groups in total. The van der Waals surface area contributed by atoms with Gasteiger partial charge in [-0.3, -0.25) is 14.2 Å². The molecule has 178 valence electrons. The number of hydrogen-bond acceptors (Lipinski definition) is 5. The van der Waals surface area contributed by atoms with Crippen LogP contribution < -0.4 is 5.56 Å². The van der Waals surface area contributed by atoms with Gasteiger partial charge >= 0.3 is 0 Å². The van der Waals surface area contributed by atoms with E-state index in [0.717, 1.165) is 38.2 Å². The van der Waals surface area contributed by atoms with Crippen LogP contribution in [-0.2, 0) is 13.0 Å². The number of para-hydroxylation sites is 1. The average Bonchev–Trinajstić information content (AvgIpc) is 3.43. The number of hydrogen-bond donors (Lipinski definition) is 1. The Balaban J connectivity index is 1.65. The van der Waals surface area contributed by atoms with E-state index in [1.54, 1.807) is 4.57 Å². The Labute approximate surface area is 212 Å². The number of aryl methyl sites for hydroxylation is 3. The lowest BCUT2D eigenvalue weighted by Crippen LogP contribution is -2.23. The Hall–Kier alpha value is -3.16. The van der Waals surface area contributed by atoms with E-state index in [1.807, 2.05) is 69.4 Å². The first-order valence-electron chi connectivity index (χ1n) is 11.8. The third-order valence-corrected chi connectivity index (χ3v) is 8.93. The molecule has 5 nitrogen and oxygen atoms in total. The van der Waals surface area contributed by atoms with Crippen LogP contribution in [-0.4, -0.2) is 20.3 Å². The minimum absolute atomic E-state index is 0.00348. The molecule has 0 bridgehead atoms. The van der Waals surface area contributed by atoms with Crippen molar-refractivity contribution in [2.45, 2.75) is 51.1 Å². The Morgan fingerprint density at radius 2 is 1.89 bits per heavy atom. The van der Waals surface area contributed by atoms with Crippen molar-refractivity contribution in [2.24, 2.45) is 0 Å². The lowest BCUT2D eigenvalue weighted by Gasteiger charge is -2.18. The summed E-state index contributed by atoms with van der Waals surface area (Å²) in [5, 5.41) is 1.65. The van der Waals surface area contributed by atoms with Crippen LogP contribution >= 0.6 is 23.1 Å². The molecular formula is C28H27N3O2S2. The molecule has 0 aliphatic carbocycles. The number of nitrogens with zero attached hydrogens (tertiary/aromatic N) is 2. The number of carbonyl (C=O) groups excluding carboxylic acids is 1. The molecule has 0 radical (unpaired) electrons. The zero-order valence-electron chi connectivity index (χ0n) is 20.2. The van der Waals surface area contributed by atoms with E-state index in [2.05, 4.69) is 18.0 Å². The SMILES string of the molecule is CCc1cccc2c(C(=O)[C@@H](Sc3nc4sc(C)c(C)c4c(=O)n3CC)c3ccccc3)c[nH]c12. The monoisotopic (exact) mass is 501 g/mol. The zero-order valence-corrected chi connectivity index (χ0v) is 21.8. The molecule has 0 fully saturated rings. The second kappa shape index (κ2) is 9.47. The minimum Gasteiger partial charge on any atom is -0.360 e. The molecule has 2 aromatic carbocycles. The maximum Gasteiger partial charge on any atom is 0.263 e. The van der Waals surface area contributed by atoms with Gasteiger partial charge in [0.05, 0.1) is 5.39 Å². The number of nitrogens with one attached hydrogen (secondary N) is 1. The maximum atomic E-state index is 14.1. The fraction of sp³-hybridized carbons (Fsp3) is 0.250. The van der Waals surface area contributed by atoms with E-state index < -0.39 is 5.25 Å². The van der Waals surface area contributed by atoms with Gasteiger partial charge < -0.3 is 4.98 Å². The highest BCUT2D eigenvalue weighted by atomic mass is 32.2. The van der Waals surface area contributed by atoms with Crippen LogP contribution in [0.1, 0.15) is 51.0 Å². The van der Waals surface area contributed by atoms with Gasteiger partial charge in [-0.25, -0.2) is 4.98 Å². The van der Waals surface area contributed by atoms with E-state index in [4.69, 9.17) is 4.98 Å². The molecule has 5 aromatic rings. The van der Waals surface area contributed by atoms with E-state index in [-0.39, 0.29) is 11.3 Å². The summed E-state index contributed by atoms with van der Waals surface area (Å²) >= 11 is 2.89. The van der Waals surface area contributed by atoms with Crippen molar-refractivity contribution < 1.29 is 4.79 Å². The van der Waals surface area contributed by atoms with Gasteiger partial charge in [0.15, 0.2) is 10.9 Å². The Morgan fingerprint density at radius 3 is 2.60 bits per heavy atom. The van der Waals surface area contributed by atoms with Gasteiger partial charge in [-0.1, -0.05) is 67.2 Å². The molecule has 1 atom stereocenters. The smallest absolute Gasteiger partial charge is 0.263 e. The van der Waals surface area contributed by atoms with Gasteiger partial charge in [0, 0.05) is 34.1 Å². The quantitative estimate of drug-likeness (QED) is 0.150. The molecule has 0 saturated heterocycles. The molecular weight excluding hydrogens is 474 g/mol. The topological polar surface area (TPSA) is 67.8 Å². The van der Waals surface area contributed by atoms with Crippen LogP contribution in [0.2, 0.25) is 0 Å². The molecule has 0 unspecified atom stereocenters. The maximum absolute atomic E-state index is 14.1. The largest absolute Gasteiger partial charge is 0.360 e. The normalized spacial score (nSPS) is 12.5. The van der Waals surface area contributed by atoms with Gasteiger partial charge in [-0.05, 0) is 43.9 Å². The van der Waals surface area contributed by atoms with Gasteiger partial charge in [0.1, 0.15) is 10.1 Å². The summed E-state index contributed by atoms with van der Waals surface area (Å²) in [6.45, 7) is 8.53. The summed E-state index contributed by atoms with van der Waals surface area (Å²) in [5.41, 5.74) is 4.68. The molecule has 35 heavy (non-hydrogen) atoms. The van der Waals surface area contributed by atoms with Crippen molar-refractivity contribution >= 4 is 50.0 Å². The van der Waals surface area contributed by atoms with Crippen LogP contribution in [0.25, 0.3) is 21.1 Å². The van der Waals surface area contributed by atoms with E-state index in [1.165, 1.54) is 28.7 Å². The zero-order chi connectivity index (χ0) is 24.7. The number of rotatable bonds is 7. The first-order valence-corrected chi connectivity index (χ1v) is 13.5. The lowest BCUT2D eigenvalue weighted by atomic mass is 10.0. The third kappa shape index (κ3) is 4.02. The van der Waals surface area contributed by atoms with Crippen molar-refractivity contribution in [3.05, 3.63) is 92.2 Å². The van der Waals surface area contributed by atoms with Crippen molar-refractivity contribution in [3.8, 4) is 0 Å². The van der Waals surface area contributed by atoms with Gasteiger partial charge in [-0.15, -0.1) is 11.3 Å². The Kier molecular flexibility index (Phi) is 6.38. The van der Waals surface area contributed by atoms with Crippen LogP contribution in [0.5, 0.6) is 0 Å². The first-order chi connectivity index (χ1) is 16.9. The number of aromatic amines is 1. The number of aromatic nitrogens is 3. The number of benzene rings is 2. The van der Waals surface area contributed by atoms with Crippen molar-refractivity contribution in [2.75, 3.05) is 0 Å². The molecule has 7 heteroatoms. The summed E-state index contributed by atoms with van der Waals surface area (Å²) in [7, 11) is 0. The Morgan fingerprint density at radius 1 is 1.11 bits per heavy atom. The number of thiophene rings is 1. The molecule has 0 aliphatic rings. The van der Waals surface area contributed by atoms with E-state index >= 15 is 0 Å². The molecule has 0 saturated carbocycles. The number of fused-ring (bicyclic) bond motifs is 2. The second-order valence-electron chi connectivity index (χ2n) is 8.58. The second-order valence-corrected chi connectivity index (χ2v) is 10.9. The van der Waals surface area contributed by atoms with E-state index in [9.17, 15) is 9.59 Å². The highest BCUT2D eigenvalue weighted by molar-refractivity contribution is 8.00. The fourth-order valence-corrected chi connectivity index (χ4v) is 6.84. The number of Topliss-reactive ketones (excluding diaryl/α,β-unsaturated/α-hetero) is 1. The van der Waals surface area contributed by atoms with Crippen molar-refractivity contribution in [1.82, 2.24) is 14.5 Å². The summed E-state index contributed by atoms with van der Waals surface area (Å²) in [6, 6.07) is 15.8. The summed E-state index contributed by atoms with van der Waals surface area (Å²) in [6.07, 6.45) is 2.70. The molecule has 5 rings (SSSR count). The number of thioether (sulfide) groups is 1. The van der Waals surface area contributed by atoms with E-state index in [0.29, 0.717) is 22.7 Å². The Bertz CT molecular complexity index is 1610. The van der Waals surface area contributed by atoms with Gasteiger partial charge in [0.2, 0.25) is 0 Å². The highest BCUT2D eigenvalue weighted by Gasteiger charge is 2.28. The number of carbonyl (C=O) groups is 1. The summed E-state index contributed by atoms with van der Waals surface area (Å²) in [4.78, 5) is 37.5. The summed E-state index contributed by atoms with van der Waals surface area (Å²) in [5.74, 6) is -0.00348. The highest BCUT2D eigenvalue weighted by Crippen LogP contribution is 2.39. The average molecular weight is 502 g/mol. The standard InChI is InChI=1S/C28H27N3O2S2/c1-5-18-13-10-14-20-21(15-29-23(18)20)24(32)25(19-11-8-7-9-12-19)35-28-30-26-22(16(3)17(4)34-26)27(33)31(28)6-2/h7-15,25,29H,5-6H2,1-4H3/t25-/m0/s1. The first kappa shape index (κ1) is 23.6. The van der Waals surface area contributed by atoms with Gasteiger partial charge in [-0.2, -0.15) is 0 Å². The molecule has 3 heterocycles. The van der Waals surface area contributed by atoms with Crippen LogP contribution in [0.3, 0.4) is 0 Å². The minimum atomic E-state index is -0.537. The van der Waals surface area contributed by atoms with Crippen LogP contribution in [0.15, 0.2) is 64.7 Å². The fourth-order valence-electron chi connectivity index (χ4n) is 4.54. The molecule has 0 amide bonds. The predicted molar refractivity (Wildman–Crippen MR) is 146 cm³/mol. The lowest BCUT2D eigenvalue weighted by molar-refractivity contribution is 0.0991. The van der Waals surface area contributed by atoms with Crippen LogP contribution in [0.4, 0.5) is 0 Å². The van der Waals surface area contributed by atoms with Gasteiger partial charge in [0.25, 0.3) is 5.56 Å². The summed E-state index contributed by atoms with van der Waals surface area (Å²) < 4.78 is 1.69. The number of ketones is 1. The van der Waals surface area contributed by atoms with Crippen LogP contribution in [0, 0.1) is 13.8 Å². The molecule has 0 spiro atoms. The number of H-pyrrole nitrogens is 1. The molecule has 0 aliphatic heterocycles. The molecule has 3 aromatic heterocycles. The third-order valence-electron chi connectivity index (χ3n) is 6.58. The predicted octanol–water partition coefficient (Wildman–Crippen LogP) is 6.85. The van der Waals surface area contributed by atoms with Crippen molar-refractivity contribution in [1.29, 1.82) is 0 Å².